The Hall–Kier alpha value is -0.860. The molecule has 0 amide bonds. The fourth-order valence-electron chi connectivity index (χ4n) is 0.962. The molecule has 0 spiro atoms. The standard InChI is InChI=1S/C10H13O2/c1-9-4-3-5-10(6-9)7-12-8-11-2/h3-6H,1,7-8H2,2H3. The number of rotatable bonds is 4. The van der Waals surface area contributed by atoms with Gasteiger partial charge in [0.15, 0.2) is 0 Å². The van der Waals surface area contributed by atoms with Crippen molar-refractivity contribution < 1.29 is 9.47 Å². The normalized spacial score (nSPS) is 10.2. The number of methoxy groups -OCH3 is 1. The van der Waals surface area contributed by atoms with Crippen molar-refractivity contribution >= 4 is 0 Å². The molecule has 0 saturated heterocycles. The van der Waals surface area contributed by atoms with Gasteiger partial charge in [0, 0.05) is 7.11 Å². The molecule has 0 aliphatic rings. The van der Waals surface area contributed by atoms with Crippen LogP contribution in [-0.2, 0) is 16.1 Å². The third kappa shape index (κ3) is 3.03. The maximum absolute atomic E-state index is 5.17. The molecule has 65 valence electrons. The number of ether oxygens (including phenoxy) is 2. The molecule has 1 radical (unpaired) electrons. The molecule has 0 aliphatic carbocycles. The van der Waals surface area contributed by atoms with Crippen molar-refractivity contribution in [1.82, 2.24) is 0 Å². The average molecular weight is 165 g/mol. The molecule has 0 aromatic heterocycles. The zero-order valence-corrected chi connectivity index (χ0v) is 7.25. The van der Waals surface area contributed by atoms with Crippen LogP contribution in [0.3, 0.4) is 0 Å². The van der Waals surface area contributed by atoms with Gasteiger partial charge in [-0.2, -0.15) is 0 Å². The summed E-state index contributed by atoms with van der Waals surface area (Å²) in [5, 5.41) is 0. The van der Waals surface area contributed by atoms with E-state index in [0.717, 1.165) is 11.1 Å². The summed E-state index contributed by atoms with van der Waals surface area (Å²) < 4.78 is 9.93. The molecule has 2 nitrogen and oxygen atoms in total. The molecule has 1 aromatic carbocycles. The van der Waals surface area contributed by atoms with Crippen molar-refractivity contribution in [1.29, 1.82) is 0 Å². The molecule has 1 rings (SSSR count). The van der Waals surface area contributed by atoms with E-state index in [1.165, 1.54) is 0 Å². The summed E-state index contributed by atoms with van der Waals surface area (Å²) in [6.45, 7) is 4.74. The molecule has 0 saturated carbocycles. The predicted octanol–water partition coefficient (Wildman–Crippen LogP) is 1.99. The lowest BCUT2D eigenvalue weighted by atomic mass is 10.1. The Balaban J connectivity index is 2.41. The minimum atomic E-state index is 0.335. The first-order chi connectivity index (χ1) is 5.83. The number of hydrogen-bond donors (Lipinski definition) is 0. The lowest BCUT2D eigenvalue weighted by molar-refractivity contribution is -0.0390. The largest absolute Gasteiger partial charge is 0.359 e. The molecule has 0 heterocycles. The molecular weight excluding hydrogens is 152 g/mol. The van der Waals surface area contributed by atoms with Gasteiger partial charge in [-0.25, -0.2) is 0 Å². The third-order valence-corrected chi connectivity index (χ3v) is 1.46. The van der Waals surface area contributed by atoms with E-state index in [9.17, 15) is 0 Å². The summed E-state index contributed by atoms with van der Waals surface area (Å²) in [5.74, 6) is 0. The van der Waals surface area contributed by atoms with E-state index < -0.39 is 0 Å². The lowest BCUT2D eigenvalue weighted by Gasteiger charge is -2.03. The summed E-state index contributed by atoms with van der Waals surface area (Å²) in [5.41, 5.74) is 2.13. The monoisotopic (exact) mass is 165 g/mol. The van der Waals surface area contributed by atoms with E-state index in [2.05, 4.69) is 6.92 Å². The molecule has 0 bridgehead atoms. The van der Waals surface area contributed by atoms with E-state index >= 15 is 0 Å². The van der Waals surface area contributed by atoms with Crippen LogP contribution in [0.15, 0.2) is 24.3 Å². The van der Waals surface area contributed by atoms with Gasteiger partial charge in [0.1, 0.15) is 6.79 Å². The zero-order valence-electron chi connectivity index (χ0n) is 7.25. The molecular formula is C10H13O2. The molecule has 0 atom stereocenters. The van der Waals surface area contributed by atoms with Crippen LogP contribution in [-0.4, -0.2) is 13.9 Å². The van der Waals surface area contributed by atoms with Gasteiger partial charge in [0.25, 0.3) is 0 Å². The Morgan fingerprint density at radius 1 is 1.42 bits per heavy atom. The van der Waals surface area contributed by atoms with Crippen LogP contribution in [0.2, 0.25) is 0 Å². The smallest absolute Gasteiger partial charge is 0.146 e. The van der Waals surface area contributed by atoms with Gasteiger partial charge >= 0.3 is 0 Å². The van der Waals surface area contributed by atoms with Crippen molar-refractivity contribution in [2.75, 3.05) is 13.9 Å². The van der Waals surface area contributed by atoms with Crippen LogP contribution < -0.4 is 0 Å². The summed E-state index contributed by atoms with van der Waals surface area (Å²) in [7, 11) is 1.61. The van der Waals surface area contributed by atoms with Gasteiger partial charge in [0.2, 0.25) is 0 Å². The maximum atomic E-state index is 5.17. The number of hydrogen-bond acceptors (Lipinski definition) is 2. The minimum Gasteiger partial charge on any atom is -0.359 e. The van der Waals surface area contributed by atoms with Crippen LogP contribution in [0.25, 0.3) is 0 Å². The molecule has 12 heavy (non-hydrogen) atoms. The lowest BCUT2D eigenvalue weighted by Crippen LogP contribution is -1.96. The zero-order chi connectivity index (χ0) is 8.81. The quantitative estimate of drug-likeness (QED) is 0.501. The van der Waals surface area contributed by atoms with Crippen LogP contribution >= 0.6 is 0 Å². The van der Waals surface area contributed by atoms with E-state index in [0.29, 0.717) is 13.4 Å². The van der Waals surface area contributed by atoms with E-state index in [1.54, 1.807) is 7.11 Å². The average Bonchev–Trinajstić information content (AvgIpc) is 2.05. The van der Waals surface area contributed by atoms with E-state index in [4.69, 9.17) is 9.47 Å². The molecule has 0 fully saturated rings. The first-order valence-electron chi connectivity index (χ1n) is 3.80. The maximum Gasteiger partial charge on any atom is 0.146 e. The van der Waals surface area contributed by atoms with Gasteiger partial charge in [-0.05, 0) is 18.1 Å². The Bertz CT molecular complexity index is 233. The van der Waals surface area contributed by atoms with Crippen LogP contribution in [0.5, 0.6) is 0 Å². The second-order valence-corrected chi connectivity index (χ2v) is 2.57. The van der Waals surface area contributed by atoms with Crippen LogP contribution in [0.4, 0.5) is 0 Å². The van der Waals surface area contributed by atoms with Gasteiger partial charge in [-0.3, -0.25) is 0 Å². The van der Waals surface area contributed by atoms with Gasteiger partial charge in [0.05, 0.1) is 6.61 Å². The molecule has 2 heteroatoms. The van der Waals surface area contributed by atoms with Crippen molar-refractivity contribution in [2.45, 2.75) is 6.61 Å². The van der Waals surface area contributed by atoms with E-state index in [-0.39, 0.29) is 0 Å². The van der Waals surface area contributed by atoms with Gasteiger partial charge in [-0.15, -0.1) is 0 Å². The summed E-state index contributed by atoms with van der Waals surface area (Å²) in [6.07, 6.45) is 0. The van der Waals surface area contributed by atoms with Gasteiger partial charge < -0.3 is 9.47 Å². The summed E-state index contributed by atoms with van der Waals surface area (Å²) in [6, 6.07) is 7.92. The van der Waals surface area contributed by atoms with Crippen LogP contribution in [0.1, 0.15) is 11.1 Å². The Morgan fingerprint density at radius 3 is 2.92 bits per heavy atom. The summed E-state index contributed by atoms with van der Waals surface area (Å²) >= 11 is 0. The molecule has 1 aromatic rings. The second kappa shape index (κ2) is 4.91. The molecule has 0 N–H and O–H groups in total. The fraction of sp³-hybridized carbons (Fsp3) is 0.300. The Morgan fingerprint density at radius 2 is 2.25 bits per heavy atom. The van der Waals surface area contributed by atoms with Crippen molar-refractivity contribution in [2.24, 2.45) is 0 Å². The Labute approximate surface area is 73.1 Å². The molecule has 0 aliphatic heterocycles. The topological polar surface area (TPSA) is 18.5 Å². The van der Waals surface area contributed by atoms with Gasteiger partial charge in [-0.1, -0.05) is 24.3 Å². The number of benzene rings is 1. The van der Waals surface area contributed by atoms with E-state index in [1.807, 2.05) is 24.3 Å². The van der Waals surface area contributed by atoms with Crippen molar-refractivity contribution in [3.8, 4) is 0 Å². The second-order valence-electron chi connectivity index (χ2n) is 2.57. The van der Waals surface area contributed by atoms with Crippen molar-refractivity contribution in [3.63, 3.8) is 0 Å². The first kappa shape index (κ1) is 9.23. The highest BCUT2D eigenvalue weighted by Gasteiger charge is 1.92. The van der Waals surface area contributed by atoms with Crippen LogP contribution in [0, 0.1) is 6.92 Å². The minimum absolute atomic E-state index is 0.335. The fourth-order valence-corrected chi connectivity index (χ4v) is 0.962. The highest BCUT2D eigenvalue weighted by atomic mass is 16.7. The third-order valence-electron chi connectivity index (χ3n) is 1.46. The molecule has 0 unspecified atom stereocenters. The summed E-state index contributed by atoms with van der Waals surface area (Å²) in [4.78, 5) is 0. The Kier molecular flexibility index (Phi) is 3.77. The predicted molar refractivity (Wildman–Crippen MR) is 47.6 cm³/mol. The highest BCUT2D eigenvalue weighted by Crippen LogP contribution is 2.04. The first-order valence-corrected chi connectivity index (χ1v) is 3.80. The van der Waals surface area contributed by atoms with Crippen molar-refractivity contribution in [3.05, 3.63) is 42.3 Å². The highest BCUT2D eigenvalue weighted by molar-refractivity contribution is 5.24. The SMILES string of the molecule is [CH2]c1cccc(COCOC)c1.